The van der Waals surface area contributed by atoms with Crippen LogP contribution in [0.5, 0.6) is 0 Å². The molecule has 4 atom stereocenters. The second-order valence-corrected chi connectivity index (χ2v) is 11.0. The van der Waals surface area contributed by atoms with Crippen molar-refractivity contribution in [1.82, 2.24) is 14.7 Å². The van der Waals surface area contributed by atoms with Crippen LogP contribution >= 0.6 is 0 Å². The number of β-amino-alcohol motifs (C(OH)–C–C–N with tert-alkyl or cyclic N) is 1. The van der Waals surface area contributed by atoms with Crippen molar-refractivity contribution in [3.8, 4) is 0 Å². The molecule has 1 fully saturated rings. The Morgan fingerprint density at radius 1 is 1.26 bits per heavy atom. The molecule has 0 saturated carbocycles. The maximum absolute atomic E-state index is 11.8. The lowest BCUT2D eigenvalue weighted by atomic mass is 9.79. The van der Waals surface area contributed by atoms with Crippen LogP contribution in [0.3, 0.4) is 0 Å². The number of piperazine rings is 1. The van der Waals surface area contributed by atoms with E-state index in [2.05, 4.69) is 53.8 Å². The van der Waals surface area contributed by atoms with Crippen LogP contribution in [-0.4, -0.2) is 82.1 Å². The molecule has 0 spiro atoms. The Morgan fingerprint density at radius 2 is 1.97 bits per heavy atom. The van der Waals surface area contributed by atoms with E-state index >= 15 is 0 Å². The predicted molar refractivity (Wildman–Crippen MR) is 139 cm³/mol. The van der Waals surface area contributed by atoms with Crippen molar-refractivity contribution in [3.63, 3.8) is 0 Å². The summed E-state index contributed by atoms with van der Waals surface area (Å²) >= 11 is 0. The SMILES string of the molecule is CCC1CN(C2C=CN=C3N(Cc4ccc(C(=O)OC)cc4)C=CC32C)CC(C)N1CC(C)(C)O. The highest BCUT2D eigenvalue weighted by Gasteiger charge is 2.48. The summed E-state index contributed by atoms with van der Waals surface area (Å²) in [5.74, 6) is 0.735. The van der Waals surface area contributed by atoms with E-state index in [1.807, 2.05) is 44.3 Å². The first-order valence-electron chi connectivity index (χ1n) is 12.7. The van der Waals surface area contributed by atoms with Gasteiger partial charge in [-0.3, -0.25) is 9.80 Å². The molecule has 3 aliphatic rings. The first-order valence-corrected chi connectivity index (χ1v) is 12.7. The first-order chi connectivity index (χ1) is 16.6. The predicted octanol–water partition coefficient (Wildman–Crippen LogP) is 3.66. The topological polar surface area (TPSA) is 68.6 Å². The van der Waals surface area contributed by atoms with Gasteiger partial charge in [0.1, 0.15) is 5.84 Å². The fraction of sp³-hybridized carbons (Fsp3) is 0.571. The third-order valence-electron chi connectivity index (χ3n) is 7.58. The van der Waals surface area contributed by atoms with E-state index in [0.29, 0.717) is 30.7 Å². The molecule has 7 nitrogen and oxygen atoms in total. The molecule has 0 bridgehead atoms. The number of ether oxygens (including phenoxy) is 1. The highest BCUT2D eigenvalue weighted by atomic mass is 16.5. The van der Waals surface area contributed by atoms with Gasteiger partial charge in [-0.25, -0.2) is 9.79 Å². The van der Waals surface area contributed by atoms with E-state index in [4.69, 9.17) is 9.73 Å². The van der Waals surface area contributed by atoms with Crippen LogP contribution in [0.15, 0.2) is 53.8 Å². The number of carbonyl (C=O) groups is 1. The fourth-order valence-corrected chi connectivity index (χ4v) is 5.80. The van der Waals surface area contributed by atoms with Crippen LogP contribution in [0.2, 0.25) is 0 Å². The highest BCUT2D eigenvalue weighted by Crippen LogP contribution is 2.40. The summed E-state index contributed by atoms with van der Waals surface area (Å²) in [7, 11) is 1.40. The Labute approximate surface area is 209 Å². The van der Waals surface area contributed by atoms with E-state index in [9.17, 15) is 9.90 Å². The van der Waals surface area contributed by atoms with E-state index in [1.165, 1.54) is 7.11 Å². The van der Waals surface area contributed by atoms with Crippen LogP contribution < -0.4 is 0 Å². The largest absolute Gasteiger partial charge is 0.465 e. The van der Waals surface area contributed by atoms with Crippen molar-refractivity contribution < 1.29 is 14.6 Å². The molecule has 4 unspecified atom stereocenters. The number of carbonyl (C=O) groups excluding carboxylic acids is 1. The number of nitrogens with zero attached hydrogens (tertiary/aromatic N) is 4. The number of rotatable bonds is 7. The second kappa shape index (κ2) is 9.88. The molecule has 0 amide bonds. The van der Waals surface area contributed by atoms with Crippen molar-refractivity contribution in [1.29, 1.82) is 0 Å². The third kappa shape index (κ3) is 5.22. The molecule has 3 aliphatic heterocycles. The van der Waals surface area contributed by atoms with Crippen LogP contribution in [0.1, 0.15) is 57.0 Å². The van der Waals surface area contributed by atoms with E-state index in [1.54, 1.807) is 0 Å². The van der Waals surface area contributed by atoms with E-state index in [-0.39, 0.29) is 17.4 Å². The summed E-state index contributed by atoms with van der Waals surface area (Å²) in [5.41, 5.74) is 0.751. The molecular formula is C28H40N4O3. The summed E-state index contributed by atoms with van der Waals surface area (Å²) in [6.07, 6.45) is 9.69. The van der Waals surface area contributed by atoms with Gasteiger partial charge in [-0.15, -0.1) is 0 Å². The second-order valence-electron chi connectivity index (χ2n) is 11.0. The summed E-state index contributed by atoms with van der Waals surface area (Å²) in [6, 6.07) is 8.55. The molecule has 7 heteroatoms. The van der Waals surface area contributed by atoms with Gasteiger partial charge in [0.25, 0.3) is 0 Å². The van der Waals surface area contributed by atoms with Gasteiger partial charge in [0.15, 0.2) is 0 Å². The number of esters is 1. The third-order valence-corrected chi connectivity index (χ3v) is 7.58. The summed E-state index contributed by atoms with van der Waals surface area (Å²) in [6.45, 7) is 13.9. The first kappa shape index (κ1) is 25.6. The summed E-state index contributed by atoms with van der Waals surface area (Å²) in [5, 5.41) is 10.5. The van der Waals surface area contributed by atoms with Crippen molar-refractivity contribution in [2.75, 3.05) is 26.7 Å². The minimum absolute atomic E-state index is 0.211. The van der Waals surface area contributed by atoms with Gasteiger partial charge < -0.3 is 14.7 Å². The zero-order valence-electron chi connectivity index (χ0n) is 21.9. The molecule has 1 N–H and O–H groups in total. The number of aliphatic imine (C=N–C) groups is 1. The normalized spacial score (nSPS) is 29.3. The molecule has 1 aromatic carbocycles. The molecule has 0 aromatic heterocycles. The molecular weight excluding hydrogens is 440 g/mol. The lowest BCUT2D eigenvalue weighted by Crippen LogP contribution is -2.64. The Morgan fingerprint density at radius 3 is 2.60 bits per heavy atom. The van der Waals surface area contributed by atoms with Crippen LogP contribution in [0, 0.1) is 5.41 Å². The average molecular weight is 481 g/mol. The minimum Gasteiger partial charge on any atom is -0.465 e. The molecule has 1 saturated heterocycles. The number of amidine groups is 1. The van der Waals surface area contributed by atoms with Crippen LogP contribution in [0.4, 0.5) is 0 Å². The average Bonchev–Trinajstić information content (AvgIpc) is 3.15. The van der Waals surface area contributed by atoms with Gasteiger partial charge in [-0.05, 0) is 57.9 Å². The Balaban J connectivity index is 1.49. The standard InChI is InChI=1S/C28H40N4O3/c1-7-23-18-31(16-20(2)32(23)19-27(3,4)34)24-12-14-29-26-28(24,5)13-15-30(26)17-21-8-10-22(11-9-21)25(33)35-6/h8-15,20,23-24,34H,7,16-19H2,1-6H3. The number of aliphatic hydroxyl groups is 1. The van der Waals surface area contributed by atoms with Crippen molar-refractivity contribution in [3.05, 3.63) is 59.9 Å². The number of hydrogen-bond acceptors (Lipinski definition) is 7. The van der Waals surface area contributed by atoms with Gasteiger partial charge in [0, 0.05) is 56.7 Å². The van der Waals surface area contributed by atoms with Crippen molar-refractivity contribution in [2.45, 2.75) is 71.3 Å². The van der Waals surface area contributed by atoms with Crippen LogP contribution in [-0.2, 0) is 11.3 Å². The Hall–Kier alpha value is -2.48. The zero-order valence-corrected chi connectivity index (χ0v) is 21.9. The quantitative estimate of drug-likeness (QED) is 0.601. The van der Waals surface area contributed by atoms with E-state index < -0.39 is 5.60 Å². The molecule has 0 aliphatic carbocycles. The summed E-state index contributed by atoms with van der Waals surface area (Å²) in [4.78, 5) is 23.9. The minimum atomic E-state index is -0.704. The van der Waals surface area contributed by atoms with Crippen molar-refractivity contribution >= 4 is 11.8 Å². The van der Waals surface area contributed by atoms with Gasteiger partial charge in [0.2, 0.25) is 0 Å². The molecule has 0 radical (unpaired) electrons. The zero-order chi connectivity index (χ0) is 25.4. The Bertz CT molecular complexity index is 1010. The maximum atomic E-state index is 11.8. The molecule has 35 heavy (non-hydrogen) atoms. The number of hydrogen-bond donors (Lipinski definition) is 1. The van der Waals surface area contributed by atoms with Gasteiger partial charge in [-0.2, -0.15) is 0 Å². The number of benzene rings is 1. The molecule has 1 aromatic rings. The van der Waals surface area contributed by atoms with Gasteiger partial charge in [-0.1, -0.05) is 25.1 Å². The number of methoxy groups -OCH3 is 1. The highest BCUT2D eigenvalue weighted by molar-refractivity contribution is 5.95. The number of fused-ring (bicyclic) bond motifs is 1. The smallest absolute Gasteiger partial charge is 0.337 e. The monoisotopic (exact) mass is 480 g/mol. The van der Waals surface area contributed by atoms with Crippen molar-refractivity contribution in [2.24, 2.45) is 10.4 Å². The Kier molecular flexibility index (Phi) is 7.23. The lowest BCUT2D eigenvalue weighted by Gasteiger charge is -2.52. The molecule has 190 valence electrons. The van der Waals surface area contributed by atoms with Crippen LogP contribution in [0.25, 0.3) is 0 Å². The maximum Gasteiger partial charge on any atom is 0.337 e. The van der Waals surface area contributed by atoms with Gasteiger partial charge in [0.05, 0.1) is 23.7 Å². The molecule has 4 rings (SSSR count). The van der Waals surface area contributed by atoms with Gasteiger partial charge >= 0.3 is 5.97 Å². The fourth-order valence-electron chi connectivity index (χ4n) is 5.80. The molecule has 3 heterocycles. The van der Waals surface area contributed by atoms with E-state index in [0.717, 1.165) is 30.9 Å². The lowest BCUT2D eigenvalue weighted by molar-refractivity contribution is -0.0444. The summed E-state index contributed by atoms with van der Waals surface area (Å²) < 4.78 is 4.81.